The number of benzene rings is 1. The SMILES string of the molecule is COc1ccc(CC[NH2+]Cc2cc(C#N)n(C)c2C)cc1. The quantitative estimate of drug-likeness (QED) is 0.818. The second-order valence-corrected chi connectivity index (χ2v) is 5.19. The van der Waals surface area contributed by atoms with Crippen molar-refractivity contribution in [3.8, 4) is 11.8 Å². The Labute approximate surface area is 126 Å². The van der Waals surface area contributed by atoms with Crippen LogP contribution in [0.25, 0.3) is 0 Å². The monoisotopic (exact) mass is 284 g/mol. The lowest BCUT2D eigenvalue weighted by atomic mass is 10.1. The Hall–Kier alpha value is -2.25. The maximum atomic E-state index is 9.03. The van der Waals surface area contributed by atoms with Crippen LogP contribution >= 0.6 is 0 Å². The molecule has 0 aliphatic rings. The topological polar surface area (TPSA) is 54.6 Å². The van der Waals surface area contributed by atoms with Crippen molar-refractivity contribution in [1.82, 2.24) is 4.57 Å². The Balaban J connectivity index is 1.83. The molecule has 0 atom stereocenters. The van der Waals surface area contributed by atoms with Gasteiger partial charge in [-0.3, -0.25) is 0 Å². The van der Waals surface area contributed by atoms with E-state index in [4.69, 9.17) is 10.00 Å². The third-order valence-corrected chi connectivity index (χ3v) is 3.92. The molecular weight excluding hydrogens is 262 g/mol. The summed E-state index contributed by atoms with van der Waals surface area (Å²) >= 11 is 0. The summed E-state index contributed by atoms with van der Waals surface area (Å²) in [6, 6.07) is 12.4. The highest BCUT2D eigenvalue weighted by atomic mass is 16.5. The van der Waals surface area contributed by atoms with E-state index in [-0.39, 0.29) is 0 Å². The number of ether oxygens (including phenoxy) is 1. The van der Waals surface area contributed by atoms with Gasteiger partial charge in [-0.25, -0.2) is 0 Å². The third-order valence-electron chi connectivity index (χ3n) is 3.92. The van der Waals surface area contributed by atoms with Gasteiger partial charge in [-0.2, -0.15) is 5.26 Å². The lowest BCUT2D eigenvalue weighted by molar-refractivity contribution is -0.670. The van der Waals surface area contributed by atoms with Gasteiger partial charge in [0.15, 0.2) is 0 Å². The zero-order valence-electron chi connectivity index (χ0n) is 12.9. The Morgan fingerprint density at radius 2 is 2.00 bits per heavy atom. The number of methoxy groups -OCH3 is 1. The van der Waals surface area contributed by atoms with E-state index in [1.54, 1.807) is 7.11 Å². The van der Waals surface area contributed by atoms with Gasteiger partial charge in [0, 0.05) is 24.7 Å². The molecule has 0 aliphatic carbocycles. The van der Waals surface area contributed by atoms with E-state index in [2.05, 4.69) is 30.4 Å². The number of hydrogen-bond donors (Lipinski definition) is 1. The highest BCUT2D eigenvalue weighted by Crippen LogP contribution is 2.12. The lowest BCUT2D eigenvalue weighted by Gasteiger charge is -2.04. The minimum absolute atomic E-state index is 0.728. The summed E-state index contributed by atoms with van der Waals surface area (Å²) < 4.78 is 7.10. The number of nitriles is 1. The van der Waals surface area contributed by atoms with Gasteiger partial charge in [-0.05, 0) is 30.7 Å². The van der Waals surface area contributed by atoms with Crippen LogP contribution in [0.5, 0.6) is 5.75 Å². The molecule has 2 rings (SSSR count). The fraction of sp³-hybridized carbons (Fsp3) is 0.353. The summed E-state index contributed by atoms with van der Waals surface area (Å²) in [5.74, 6) is 0.895. The molecule has 1 aromatic heterocycles. The van der Waals surface area contributed by atoms with Crippen molar-refractivity contribution < 1.29 is 10.1 Å². The Kier molecular flexibility index (Phi) is 5.02. The average Bonchev–Trinajstić information content (AvgIpc) is 2.80. The van der Waals surface area contributed by atoms with Crippen molar-refractivity contribution in [3.63, 3.8) is 0 Å². The van der Waals surface area contributed by atoms with Gasteiger partial charge >= 0.3 is 0 Å². The predicted octanol–water partition coefficient (Wildman–Crippen LogP) is 1.52. The third kappa shape index (κ3) is 3.65. The van der Waals surface area contributed by atoms with E-state index >= 15 is 0 Å². The van der Waals surface area contributed by atoms with Gasteiger partial charge in [0.25, 0.3) is 0 Å². The summed E-state index contributed by atoms with van der Waals surface area (Å²) in [6.07, 6.45) is 1.03. The van der Waals surface area contributed by atoms with Crippen LogP contribution in [0.15, 0.2) is 30.3 Å². The highest BCUT2D eigenvalue weighted by Gasteiger charge is 2.09. The normalized spacial score (nSPS) is 10.4. The van der Waals surface area contributed by atoms with Crippen LogP contribution in [-0.4, -0.2) is 18.2 Å². The number of hydrogen-bond acceptors (Lipinski definition) is 2. The van der Waals surface area contributed by atoms with E-state index in [0.29, 0.717) is 0 Å². The Morgan fingerprint density at radius 1 is 1.29 bits per heavy atom. The molecule has 0 fully saturated rings. The second kappa shape index (κ2) is 6.96. The van der Waals surface area contributed by atoms with E-state index in [1.807, 2.05) is 29.8 Å². The molecule has 0 amide bonds. The van der Waals surface area contributed by atoms with E-state index in [9.17, 15) is 0 Å². The first kappa shape index (κ1) is 15.1. The van der Waals surface area contributed by atoms with Crippen LogP contribution in [0.1, 0.15) is 22.5 Å². The molecule has 0 bridgehead atoms. The Bertz CT molecular complexity index is 635. The number of aromatic nitrogens is 1. The maximum Gasteiger partial charge on any atom is 0.120 e. The first-order valence-corrected chi connectivity index (χ1v) is 7.15. The molecule has 1 aromatic carbocycles. The molecule has 2 aromatic rings. The smallest absolute Gasteiger partial charge is 0.120 e. The lowest BCUT2D eigenvalue weighted by Crippen LogP contribution is -2.83. The first-order valence-electron chi connectivity index (χ1n) is 7.15. The van der Waals surface area contributed by atoms with Crippen LogP contribution in [0.4, 0.5) is 0 Å². The molecule has 0 radical (unpaired) electrons. The van der Waals surface area contributed by atoms with Crippen LogP contribution in [-0.2, 0) is 20.0 Å². The molecular formula is C17H22N3O+. The van der Waals surface area contributed by atoms with Gasteiger partial charge in [-0.1, -0.05) is 12.1 Å². The van der Waals surface area contributed by atoms with Gasteiger partial charge < -0.3 is 14.6 Å². The largest absolute Gasteiger partial charge is 0.497 e. The molecule has 21 heavy (non-hydrogen) atoms. The van der Waals surface area contributed by atoms with Crippen molar-refractivity contribution in [2.24, 2.45) is 7.05 Å². The van der Waals surface area contributed by atoms with Gasteiger partial charge in [0.2, 0.25) is 0 Å². The van der Waals surface area contributed by atoms with Gasteiger partial charge in [-0.15, -0.1) is 0 Å². The van der Waals surface area contributed by atoms with Crippen molar-refractivity contribution in [2.75, 3.05) is 13.7 Å². The molecule has 0 saturated carbocycles. The van der Waals surface area contributed by atoms with Gasteiger partial charge in [0.05, 0.1) is 13.7 Å². The number of nitrogens with zero attached hydrogens (tertiary/aromatic N) is 2. The van der Waals surface area contributed by atoms with Crippen molar-refractivity contribution in [2.45, 2.75) is 19.9 Å². The molecule has 4 heteroatoms. The summed E-state index contributed by atoms with van der Waals surface area (Å²) in [4.78, 5) is 0. The average molecular weight is 284 g/mol. The summed E-state index contributed by atoms with van der Waals surface area (Å²) in [7, 11) is 3.62. The predicted molar refractivity (Wildman–Crippen MR) is 82.1 cm³/mol. The number of nitrogens with two attached hydrogens (primary N) is 1. The molecule has 0 aliphatic heterocycles. The van der Waals surface area contributed by atoms with Crippen molar-refractivity contribution >= 4 is 0 Å². The Morgan fingerprint density at radius 3 is 2.57 bits per heavy atom. The molecule has 0 unspecified atom stereocenters. The summed E-state index contributed by atoms with van der Waals surface area (Å²) in [5, 5.41) is 11.3. The molecule has 4 nitrogen and oxygen atoms in total. The second-order valence-electron chi connectivity index (χ2n) is 5.19. The fourth-order valence-corrected chi connectivity index (χ4v) is 2.39. The zero-order valence-corrected chi connectivity index (χ0v) is 12.9. The zero-order chi connectivity index (χ0) is 15.2. The molecule has 1 heterocycles. The fourth-order valence-electron chi connectivity index (χ4n) is 2.39. The van der Waals surface area contributed by atoms with Crippen LogP contribution in [0.3, 0.4) is 0 Å². The van der Waals surface area contributed by atoms with E-state index in [0.717, 1.165) is 31.0 Å². The van der Waals surface area contributed by atoms with Crippen LogP contribution in [0, 0.1) is 18.3 Å². The van der Waals surface area contributed by atoms with Crippen LogP contribution in [0.2, 0.25) is 0 Å². The van der Waals surface area contributed by atoms with Crippen molar-refractivity contribution in [3.05, 3.63) is 52.8 Å². The molecule has 0 saturated heterocycles. The summed E-state index contributed by atoms with van der Waals surface area (Å²) in [5.41, 5.74) is 4.46. The first-order chi connectivity index (χ1) is 10.2. The maximum absolute atomic E-state index is 9.03. The van der Waals surface area contributed by atoms with Crippen LogP contribution < -0.4 is 10.1 Å². The van der Waals surface area contributed by atoms with Crippen molar-refractivity contribution in [1.29, 1.82) is 5.26 Å². The number of quaternary nitrogens is 1. The minimum Gasteiger partial charge on any atom is -0.497 e. The summed E-state index contributed by atoms with van der Waals surface area (Å²) in [6.45, 7) is 4.01. The van der Waals surface area contributed by atoms with E-state index < -0.39 is 0 Å². The number of rotatable bonds is 6. The minimum atomic E-state index is 0.728. The van der Waals surface area contributed by atoms with E-state index in [1.165, 1.54) is 16.8 Å². The molecule has 0 spiro atoms. The standard InChI is InChI=1S/C17H21N3O/c1-13-15(10-16(11-18)20(13)2)12-19-9-8-14-4-6-17(21-3)7-5-14/h4-7,10,19H,8-9,12H2,1-3H3/p+1. The highest BCUT2D eigenvalue weighted by molar-refractivity contribution is 5.33. The van der Waals surface area contributed by atoms with Gasteiger partial charge in [0.1, 0.15) is 24.1 Å². The molecule has 110 valence electrons. The molecule has 2 N–H and O–H groups in total.